The summed E-state index contributed by atoms with van der Waals surface area (Å²) in [4.78, 5) is 13.8. The molecule has 2 amide bonds. The van der Waals surface area contributed by atoms with E-state index in [1.54, 1.807) is 23.1 Å². The minimum atomic E-state index is -0.393. The van der Waals surface area contributed by atoms with E-state index in [1.807, 2.05) is 0 Å². The predicted octanol–water partition coefficient (Wildman–Crippen LogP) is 2.95. The van der Waals surface area contributed by atoms with Crippen molar-refractivity contribution in [2.24, 2.45) is 5.92 Å². The lowest BCUT2D eigenvalue weighted by Crippen LogP contribution is -2.47. The molecule has 1 aromatic carbocycles. The summed E-state index contributed by atoms with van der Waals surface area (Å²) in [5.74, 6) is 0.269. The second-order valence-electron chi connectivity index (χ2n) is 5.74. The van der Waals surface area contributed by atoms with E-state index in [-0.39, 0.29) is 11.8 Å². The van der Waals surface area contributed by atoms with E-state index in [1.165, 1.54) is 6.07 Å². The zero-order chi connectivity index (χ0) is 15.2. The quantitative estimate of drug-likeness (QED) is 0.927. The topological polar surface area (TPSA) is 41.6 Å². The molecule has 116 valence electrons. The fraction of sp³-hybridized carbons (Fsp3) is 0.562. The molecule has 4 nitrogen and oxygen atoms in total. The number of carbonyl (C=O) groups excluding carboxylic acids is 1. The minimum Gasteiger partial charge on any atom is -0.370 e. The summed E-state index contributed by atoms with van der Waals surface area (Å²) in [6.45, 7) is 6.26. The first kappa shape index (κ1) is 15.8. The Morgan fingerprint density at radius 2 is 2.24 bits per heavy atom. The van der Waals surface area contributed by atoms with E-state index in [0.29, 0.717) is 37.7 Å². The largest absolute Gasteiger partial charge is 0.370 e. The highest BCUT2D eigenvalue weighted by molar-refractivity contribution is 5.74. The molecule has 0 spiro atoms. The highest BCUT2D eigenvalue weighted by Gasteiger charge is 2.26. The van der Waals surface area contributed by atoms with Crippen LogP contribution in [0.2, 0.25) is 0 Å². The number of ether oxygens (including phenoxy) is 1. The lowest BCUT2D eigenvalue weighted by atomic mass is 10.1. The van der Waals surface area contributed by atoms with E-state index in [2.05, 4.69) is 19.2 Å². The van der Waals surface area contributed by atoms with Crippen molar-refractivity contribution in [1.29, 1.82) is 0 Å². The van der Waals surface area contributed by atoms with Gasteiger partial charge in [0, 0.05) is 18.7 Å². The van der Waals surface area contributed by atoms with Crippen LogP contribution in [0.5, 0.6) is 0 Å². The molecule has 1 atom stereocenters. The second-order valence-corrected chi connectivity index (χ2v) is 5.74. The summed E-state index contributed by atoms with van der Waals surface area (Å²) < 4.78 is 19.4. The number of carbonyl (C=O) groups is 1. The van der Waals surface area contributed by atoms with Crippen molar-refractivity contribution in [3.8, 4) is 0 Å². The van der Waals surface area contributed by atoms with Gasteiger partial charge in [-0.1, -0.05) is 32.0 Å². The molecule has 5 heteroatoms. The van der Waals surface area contributed by atoms with Crippen molar-refractivity contribution < 1.29 is 13.9 Å². The molecule has 0 bridgehead atoms. The Morgan fingerprint density at radius 3 is 2.95 bits per heavy atom. The van der Waals surface area contributed by atoms with Gasteiger partial charge in [-0.3, -0.25) is 0 Å². The first-order valence-electron chi connectivity index (χ1n) is 7.46. The van der Waals surface area contributed by atoms with Crippen LogP contribution in [-0.2, 0) is 4.74 Å². The maximum atomic E-state index is 13.8. The molecular weight excluding hydrogens is 271 g/mol. The van der Waals surface area contributed by atoms with Crippen LogP contribution in [0.15, 0.2) is 24.3 Å². The summed E-state index contributed by atoms with van der Waals surface area (Å²) in [7, 11) is 0. The Hall–Kier alpha value is -1.62. The summed E-state index contributed by atoms with van der Waals surface area (Å²) in [6, 6.07) is 6.46. The lowest BCUT2D eigenvalue weighted by molar-refractivity contribution is -0.0171. The van der Waals surface area contributed by atoms with Gasteiger partial charge in [0.2, 0.25) is 0 Å². The first-order valence-corrected chi connectivity index (χ1v) is 7.46. The number of halogens is 1. The highest BCUT2D eigenvalue weighted by atomic mass is 19.1. The third kappa shape index (κ3) is 4.43. The summed E-state index contributed by atoms with van der Waals surface area (Å²) in [5, 5.41) is 2.91. The van der Waals surface area contributed by atoms with E-state index < -0.39 is 6.10 Å². The Labute approximate surface area is 125 Å². The molecule has 2 rings (SSSR count). The minimum absolute atomic E-state index is 0.0970. The molecule has 1 aliphatic heterocycles. The fourth-order valence-corrected chi connectivity index (χ4v) is 2.34. The van der Waals surface area contributed by atoms with Gasteiger partial charge in [0.25, 0.3) is 0 Å². The van der Waals surface area contributed by atoms with Crippen molar-refractivity contribution in [2.45, 2.75) is 26.4 Å². The van der Waals surface area contributed by atoms with Crippen LogP contribution in [0, 0.1) is 11.7 Å². The monoisotopic (exact) mass is 294 g/mol. The molecule has 1 heterocycles. The van der Waals surface area contributed by atoms with Crippen LogP contribution in [0.25, 0.3) is 0 Å². The fourth-order valence-electron chi connectivity index (χ4n) is 2.34. The van der Waals surface area contributed by atoms with Crippen LogP contribution >= 0.6 is 0 Å². The molecule has 0 radical (unpaired) electrons. The Bertz CT molecular complexity index is 479. The second kappa shape index (κ2) is 7.41. The van der Waals surface area contributed by atoms with Crippen molar-refractivity contribution >= 4 is 6.03 Å². The SMILES string of the molecule is CC(C)CCNC(=O)N1CCOC(c2ccccc2F)C1. The molecule has 0 saturated carbocycles. The van der Waals surface area contributed by atoms with Crippen LogP contribution in [0.3, 0.4) is 0 Å². The van der Waals surface area contributed by atoms with E-state index in [0.717, 1.165) is 6.42 Å². The van der Waals surface area contributed by atoms with Gasteiger partial charge in [0.05, 0.1) is 13.2 Å². The molecule has 1 N–H and O–H groups in total. The van der Waals surface area contributed by atoms with Gasteiger partial charge in [-0.2, -0.15) is 0 Å². The molecule has 1 aliphatic rings. The number of amides is 2. The van der Waals surface area contributed by atoms with Crippen LogP contribution in [0.4, 0.5) is 9.18 Å². The molecule has 1 unspecified atom stereocenters. The Morgan fingerprint density at radius 1 is 1.48 bits per heavy atom. The van der Waals surface area contributed by atoms with E-state index in [4.69, 9.17) is 4.74 Å². The first-order chi connectivity index (χ1) is 10.1. The molecule has 1 fully saturated rings. The van der Waals surface area contributed by atoms with Gasteiger partial charge in [-0.15, -0.1) is 0 Å². The average molecular weight is 294 g/mol. The smallest absolute Gasteiger partial charge is 0.317 e. The number of rotatable bonds is 4. The molecular formula is C16H23FN2O2. The third-order valence-electron chi connectivity index (χ3n) is 3.60. The molecule has 0 aromatic heterocycles. The number of hydrogen-bond acceptors (Lipinski definition) is 2. The maximum absolute atomic E-state index is 13.8. The number of nitrogens with one attached hydrogen (secondary N) is 1. The van der Waals surface area contributed by atoms with Gasteiger partial charge < -0.3 is 15.0 Å². The summed E-state index contributed by atoms with van der Waals surface area (Å²) in [6.07, 6.45) is 0.558. The average Bonchev–Trinajstić information content (AvgIpc) is 2.47. The standard InChI is InChI=1S/C16H23FN2O2/c1-12(2)7-8-18-16(20)19-9-10-21-15(11-19)13-5-3-4-6-14(13)17/h3-6,12,15H,7-11H2,1-2H3,(H,18,20). The number of hydrogen-bond donors (Lipinski definition) is 1. The van der Waals surface area contributed by atoms with E-state index in [9.17, 15) is 9.18 Å². The highest BCUT2D eigenvalue weighted by Crippen LogP contribution is 2.24. The van der Waals surface area contributed by atoms with Crippen molar-refractivity contribution in [1.82, 2.24) is 10.2 Å². The lowest BCUT2D eigenvalue weighted by Gasteiger charge is -2.33. The van der Waals surface area contributed by atoms with Gasteiger partial charge >= 0.3 is 6.03 Å². The summed E-state index contributed by atoms with van der Waals surface area (Å²) >= 11 is 0. The third-order valence-corrected chi connectivity index (χ3v) is 3.60. The zero-order valence-electron chi connectivity index (χ0n) is 12.6. The van der Waals surface area contributed by atoms with Gasteiger partial charge in [0.15, 0.2) is 0 Å². The van der Waals surface area contributed by atoms with Crippen LogP contribution < -0.4 is 5.32 Å². The molecule has 1 aromatic rings. The molecule has 21 heavy (non-hydrogen) atoms. The van der Waals surface area contributed by atoms with Crippen molar-refractivity contribution in [3.63, 3.8) is 0 Å². The van der Waals surface area contributed by atoms with Gasteiger partial charge in [0.1, 0.15) is 11.9 Å². The number of urea groups is 1. The number of benzene rings is 1. The van der Waals surface area contributed by atoms with Crippen LogP contribution in [0.1, 0.15) is 31.9 Å². The Balaban J connectivity index is 1.91. The van der Waals surface area contributed by atoms with E-state index >= 15 is 0 Å². The summed E-state index contributed by atoms with van der Waals surface area (Å²) in [5.41, 5.74) is 0.511. The normalized spacial score (nSPS) is 18.9. The zero-order valence-corrected chi connectivity index (χ0v) is 12.6. The predicted molar refractivity (Wildman–Crippen MR) is 79.5 cm³/mol. The molecule has 1 saturated heterocycles. The van der Waals surface area contributed by atoms with Crippen molar-refractivity contribution in [2.75, 3.05) is 26.2 Å². The van der Waals surface area contributed by atoms with Crippen molar-refractivity contribution in [3.05, 3.63) is 35.6 Å². The van der Waals surface area contributed by atoms with Crippen LogP contribution in [-0.4, -0.2) is 37.2 Å². The van der Waals surface area contributed by atoms with Gasteiger partial charge in [-0.25, -0.2) is 9.18 Å². The molecule has 0 aliphatic carbocycles. The maximum Gasteiger partial charge on any atom is 0.317 e. The van der Waals surface area contributed by atoms with Gasteiger partial charge in [-0.05, 0) is 18.4 Å². The number of morpholine rings is 1. The Kier molecular flexibility index (Phi) is 5.56. The number of nitrogens with zero attached hydrogens (tertiary/aromatic N) is 1.